The monoisotopic (exact) mass is 233 g/mol. The molecule has 0 bridgehead atoms. The van der Waals surface area contributed by atoms with Crippen molar-refractivity contribution in [2.45, 2.75) is 13.0 Å². The lowest BCUT2D eigenvalue weighted by Crippen LogP contribution is -2.07. The molecule has 16 heavy (non-hydrogen) atoms. The minimum Gasteiger partial charge on any atom is -0.458 e. The summed E-state index contributed by atoms with van der Waals surface area (Å²) in [6, 6.07) is 9.55. The first-order valence-corrected chi connectivity index (χ1v) is 5.80. The van der Waals surface area contributed by atoms with Gasteiger partial charge in [0.25, 0.3) is 0 Å². The van der Waals surface area contributed by atoms with Crippen molar-refractivity contribution in [3.05, 3.63) is 52.5 Å². The molecule has 1 aromatic heterocycles. The van der Waals surface area contributed by atoms with Gasteiger partial charge in [-0.05, 0) is 5.56 Å². The lowest BCUT2D eigenvalue weighted by molar-refractivity contribution is -0.144. The Kier molecular flexibility index (Phi) is 3.66. The van der Waals surface area contributed by atoms with Crippen LogP contribution in [0.15, 0.2) is 41.9 Å². The molecule has 0 aliphatic rings. The molecule has 0 N–H and O–H groups in total. The maximum atomic E-state index is 11.5. The summed E-state index contributed by atoms with van der Waals surface area (Å²) in [5.41, 5.74) is 0.964. The second-order valence-corrected chi connectivity index (χ2v) is 4.23. The number of benzene rings is 1. The third-order valence-electron chi connectivity index (χ3n) is 2.03. The van der Waals surface area contributed by atoms with Crippen LogP contribution in [0.25, 0.3) is 0 Å². The van der Waals surface area contributed by atoms with Crippen molar-refractivity contribution in [3.8, 4) is 0 Å². The summed E-state index contributed by atoms with van der Waals surface area (Å²) in [5, 5.41) is 2.68. The Morgan fingerprint density at radius 3 is 2.81 bits per heavy atom. The van der Waals surface area contributed by atoms with E-state index in [9.17, 15) is 4.79 Å². The van der Waals surface area contributed by atoms with Crippen LogP contribution in [-0.4, -0.2) is 11.0 Å². The maximum absolute atomic E-state index is 11.5. The van der Waals surface area contributed by atoms with Crippen LogP contribution in [0.5, 0.6) is 0 Å². The number of thiazole rings is 1. The first-order chi connectivity index (χ1) is 7.84. The zero-order valence-electron chi connectivity index (χ0n) is 8.63. The van der Waals surface area contributed by atoms with E-state index in [2.05, 4.69) is 4.98 Å². The van der Waals surface area contributed by atoms with Gasteiger partial charge in [0.15, 0.2) is 0 Å². The number of hydrogen-bond donors (Lipinski definition) is 0. The molecule has 0 spiro atoms. The van der Waals surface area contributed by atoms with E-state index in [0.717, 1.165) is 10.6 Å². The highest BCUT2D eigenvalue weighted by molar-refractivity contribution is 7.09. The topological polar surface area (TPSA) is 39.2 Å². The standard InChI is InChI=1S/C12H11NO2S/c14-12(8-10-4-2-1-3-5-10)15-9-11-13-6-7-16-11/h1-7H,8-9H2. The van der Waals surface area contributed by atoms with Crippen LogP contribution in [0, 0.1) is 0 Å². The highest BCUT2D eigenvalue weighted by Gasteiger charge is 2.05. The molecule has 3 nitrogen and oxygen atoms in total. The van der Waals surface area contributed by atoms with Crippen LogP contribution in [0.2, 0.25) is 0 Å². The van der Waals surface area contributed by atoms with Gasteiger partial charge in [-0.1, -0.05) is 30.3 Å². The number of ether oxygens (including phenoxy) is 1. The number of esters is 1. The van der Waals surface area contributed by atoms with Gasteiger partial charge in [-0.15, -0.1) is 11.3 Å². The lowest BCUT2D eigenvalue weighted by atomic mass is 10.2. The van der Waals surface area contributed by atoms with Gasteiger partial charge in [0.2, 0.25) is 0 Å². The van der Waals surface area contributed by atoms with Gasteiger partial charge in [-0.2, -0.15) is 0 Å². The molecule has 0 aliphatic heterocycles. The zero-order chi connectivity index (χ0) is 11.2. The summed E-state index contributed by atoms with van der Waals surface area (Å²) < 4.78 is 5.10. The van der Waals surface area contributed by atoms with Crippen molar-refractivity contribution < 1.29 is 9.53 Å². The normalized spacial score (nSPS) is 10.0. The molecule has 0 amide bonds. The van der Waals surface area contributed by atoms with Gasteiger partial charge in [0, 0.05) is 11.6 Å². The summed E-state index contributed by atoms with van der Waals surface area (Å²) in [5.74, 6) is -0.221. The highest BCUT2D eigenvalue weighted by atomic mass is 32.1. The molecule has 0 atom stereocenters. The largest absolute Gasteiger partial charge is 0.458 e. The highest BCUT2D eigenvalue weighted by Crippen LogP contribution is 2.07. The predicted octanol–water partition coefficient (Wildman–Crippen LogP) is 2.43. The Hall–Kier alpha value is -1.68. The third-order valence-corrected chi connectivity index (χ3v) is 2.78. The molecule has 0 fully saturated rings. The second kappa shape index (κ2) is 5.42. The van der Waals surface area contributed by atoms with Gasteiger partial charge in [0.05, 0.1) is 6.42 Å². The fourth-order valence-electron chi connectivity index (χ4n) is 1.28. The molecule has 0 unspecified atom stereocenters. The molecule has 4 heteroatoms. The lowest BCUT2D eigenvalue weighted by Gasteiger charge is -2.02. The van der Waals surface area contributed by atoms with E-state index in [1.807, 2.05) is 35.7 Å². The van der Waals surface area contributed by atoms with E-state index >= 15 is 0 Å². The van der Waals surface area contributed by atoms with Crippen molar-refractivity contribution in [2.24, 2.45) is 0 Å². The van der Waals surface area contributed by atoms with E-state index in [1.165, 1.54) is 11.3 Å². The van der Waals surface area contributed by atoms with Crippen LogP contribution in [0.1, 0.15) is 10.6 Å². The molecule has 2 rings (SSSR count). The van der Waals surface area contributed by atoms with Crippen LogP contribution >= 0.6 is 11.3 Å². The smallest absolute Gasteiger partial charge is 0.310 e. The molecular formula is C12H11NO2S. The number of carbonyl (C=O) groups is 1. The summed E-state index contributed by atoms with van der Waals surface area (Å²) in [6.07, 6.45) is 2.01. The fraction of sp³-hybridized carbons (Fsp3) is 0.167. The Morgan fingerprint density at radius 1 is 1.31 bits per heavy atom. The van der Waals surface area contributed by atoms with E-state index in [-0.39, 0.29) is 12.6 Å². The summed E-state index contributed by atoms with van der Waals surface area (Å²) >= 11 is 1.48. The third kappa shape index (κ3) is 3.17. The maximum Gasteiger partial charge on any atom is 0.310 e. The number of carbonyl (C=O) groups excluding carboxylic acids is 1. The van der Waals surface area contributed by atoms with Gasteiger partial charge < -0.3 is 4.74 Å². The van der Waals surface area contributed by atoms with Gasteiger partial charge >= 0.3 is 5.97 Å². The quantitative estimate of drug-likeness (QED) is 0.761. The molecule has 1 aromatic carbocycles. The number of nitrogens with zero attached hydrogens (tertiary/aromatic N) is 1. The van der Waals surface area contributed by atoms with Crippen LogP contribution in [0.4, 0.5) is 0 Å². The van der Waals surface area contributed by atoms with Crippen molar-refractivity contribution in [1.82, 2.24) is 4.98 Å². The summed E-state index contributed by atoms with van der Waals surface area (Å²) in [6.45, 7) is 0.267. The first kappa shape index (κ1) is 10.8. The van der Waals surface area contributed by atoms with Crippen molar-refractivity contribution in [1.29, 1.82) is 0 Å². The minimum atomic E-state index is -0.221. The van der Waals surface area contributed by atoms with E-state index in [0.29, 0.717) is 6.42 Å². The van der Waals surface area contributed by atoms with Crippen molar-refractivity contribution >= 4 is 17.3 Å². The van der Waals surface area contributed by atoms with Gasteiger partial charge in [-0.3, -0.25) is 4.79 Å². The minimum absolute atomic E-state index is 0.221. The van der Waals surface area contributed by atoms with Crippen LogP contribution in [-0.2, 0) is 22.6 Å². The van der Waals surface area contributed by atoms with Crippen molar-refractivity contribution in [3.63, 3.8) is 0 Å². The first-order valence-electron chi connectivity index (χ1n) is 4.92. The number of rotatable bonds is 4. The van der Waals surface area contributed by atoms with E-state index < -0.39 is 0 Å². The fourth-order valence-corrected chi connectivity index (χ4v) is 1.81. The van der Waals surface area contributed by atoms with Crippen molar-refractivity contribution in [2.75, 3.05) is 0 Å². The van der Waals surface area contributed by atoms with E-state index in [1.54, 1.807) is 6.20 Å². The number of aromatic nitrogens is 1. The average Bonchev–Trinajstić information content (AvgIpc) is 2.81. The molecule has 0 radical (unpaired) electrons. The van der Waals surface area contributed by atoms with E-state index in [4.69, 9.17) is 4.74 Å². The molecular weight excluding hydrogens is 222 g/mol. The Labute approximate surface area is 97.7 Å². The SMILES string of the molecule is O=C(Cc1ccccc1)OCc1nccs1. The Balaban J connectivity index is 1.81. The zero-order valence-corrected chi connectivity index (χ0v) is 9.44. The molecule has 2 aromatic rings. The van der Waals surface area contributed by atoms with Gasteiger partial charge in [0.1, 0.15) is 11.6 Å². The van der Waals surface area contributed by atoms with Crippen LogP contribution in [0.3, 0.4) is 0 Å². The number of hydrogen-bond acceptors (Lipinski definition) is 4. The molecule has 0 saturated heterocycles. The Morgan fingerprint density at radius 2 is 2.12 bits per heavy atom. The molecule has 0 aliphatic carbocycles. The summed E-state index contributed by atoms with van der Waals surface area (Å²) in [7, 11) is 0. The van der Waals surface area contributed by atoms with Gasteiger partial charge in [-0.25, -0.2) is 4.98 Å². The molecule has 82 valence electrons. The Bertz CT molecular complexity index is 439. The second-order valence-electron chi connectivity index (χ2n) is 3.25. The predicted molar refractivity (Wildman–Crippen MR) is 62.1 cm³/mol. The van der Waals surface area contributed by atoms with Crippen LogP contribution < -0.4 is 0 Å². The average molecular weight is 233 g/mol. The molecule has 1 heterocycles. The molecule has 0 saturated carbocycles. The summed E-state index contributed by atoms with van der Waals surface area (Å²) in [4.78, 5) is 15.5.